The number of nitrogens with zero attached hydrogens (tertiary/aromatic N) is 1. The van der Waals surface area contributed by atoms with Gasteiger partial charge in [-0.05, 0) is 43.2 Å². The van der Waals surface area contributed by atoms with Gasteiger partial charge in [0.2, 0.25) is 10.0 Å². The molecule has 148 valence electrons. The molecule has 0 radical (unpaired) electrons. The number of nitrogens with one attached hydrogen (secondary N) is 1. The highest BCUT2D eigenvalue weighted by Gasteiger charge is 2.14. The molecule has 2 aromatic carbocycles. The van der Waals surface area contributed by atoms with E-state index in [1.165, 1.54) is 5.56 Å². The van der Waals surface area contributed by atoms with E-state index in [-0.39, 0.29) is 11.5 Å². The normalized spacial score (nSPS) is 11.7. The van der Waals surface area contributed by atoms with Crippen molar-refractivity contribution in [3.05, 3.63) is 59.7 Å². The largest absolute Gasteiger partial charge is 0.497 e. The standard InChI is InChI=1S/C20H28N2O4S/c1-17-3-9-20(10-4-17)27(24,25)21-12-14-22(15-16-23)13-11-18-5-7-19(26-2)8-6-18/h3-10,21,23H,11-16H2,1-2H3. The minimum atomic E-state index is -3.52. The minimum absolute atomic E-state index is 0.0350. The fourth-order valence-electron chi connectivity index (χ4n) is 2.70. The number of hydrogen-bond donors (Lipinski definition) is 2. The molecule has 0 aromatic heterocycles. The van der Waals surface area contributed by atoms with Crippen LogP contribution in [0.25, 0.3) is 0 Å². The molecule has 0 atom stereocenters. The van der Waals surface area contributed by atoms with Gasteiger partial charge in [0.05, 0.1) is 18.6 Å². The zero-order valence-electron chi connectivity index (χ0n) is 15.9. The number of benzene rings is 2. The lowest BCUT2D eigenvalue weighted by molar-refractivity contribution is 0.199. The Hall–Kier alpha value is -1.93. The van der Waals surface area contributed by atoms with E-state index < -0.39 is 10.0 Å². The van der Waals surface area contributed by atoms with E-state index in [1.807, 2.05) is 36.1 Å². The van der Waals surface area contributed by atoms with Crippen molar-refractivity contribution in [2.75, 3.05) is 39.9 Å². The maximum absolute atomic E-state index is 12.3. The number of aryl methyl sites for hydroxylation is 1. The zero-order chi connectivity index (χ0) is 19.7. The summed E-state index contributed by atoms with van der Waals surface area (Å²) >= 11 is 0. The minimum Gasteiger partial charge on any atom is -0.497 e. The van der Waals surface area contributed by atoms with Crippen LogP contribution in [0.5, 0.6) is 5.75 Å². The van der Waals surface area contributed by atoms with E-state index in [9.17, 15) is 13.5 Å². The topological polar surface area (TPSA) is 78.9 Å². The van der Waals surface area contributed by atoms with Crippen LogP contribution in [-0.4, -0.2) is 58.3 Å². The lowest BCUT2D eigenvalue weighted by Gasteiger charge is -2.21. The van der Waals surface area contributed by atoms with Crippen LogP contribution >= 0.6 is 0 Å². The van der Waals surface area contributed by atoms with Gasteiger partial charge in [0, 0.05) is 26.2 Å². The molecule has 6 nitrogen and oxygen atoms in total. The van der Waals surface area contributed by atoms with Crippen LogP contribution in [0.2, 0.25) is 0 Å². The summed E-state index contributed by atoms with van der Waals surface area (Å²) in [6, 6.07) is 14.6. The molecule has 0 aliphatic heterocycles. The van der Waals surface area contributed by atoms with Crippen molar-refractivity contribution in [1.82, 2.24) is 9.62 Å². The molecule has 0 aliphatic carbocycles. The number of ether oxygens (including phenoxy) is 1. The summed E-state index contributed by atoms with van der Waals surface area (Å²) in [6.45, 7) is 4.01. The van der Waals surface area contributed by atoms with E-state index >= 15 is 0 Å². The van der Waals surface area contributed by atoms with Gasteiger partial charge in [0.25, 0.3) is 0 Å². The molecule has 2 aromatic rings. The van der Waals surface area contributed by atoms with Gasteiger partial charge in [0.15, 0.2) is 0 Å². The van der Waals surface area contributed by atoms with E-state index in [2.05, 4.69) is 4.72 Å². The van der Waals surface area contributed by atoms with Gasteiger partial charge < -0.3 is 9.84 Å². The van der Waals surface area contributed by atoms with Crippen LogP contribution in [0.1, 0.15) is 11.1 Å². The van der Waals surface area contributed by atoms with Crippen molar-refractivity contribution in [2.45, 2.75) is 18.2 Å². The smallest absolute Gasteiger partial charge is 0.240 e. The van der Waals surface area contributed by atoms with Crippen molar-refractivity contribution in [3.8, 4) is 5.75 Å². The van der Waals surface area contributed by atoms with Crippen molar-refractivity contribution in [2.24, 2.45) is 0 Å². The van der Waals surface area contributed by atoms with Crippen molar-refractivity contribution in [1.29, 1.82) is 0 Å². The highest BCUT2D eigenvalue weighted by molar-refractivity contribution is 7.89. The summed E-state index contributed by atoms with van der Waals surface area (Å²) in [7, 11) is -1.88. The number of hydrogen-bond acceptors (Lipinski definition) is 5. The van der Waals surface area contributed by atoms with Gasteiger partial charge >= 0.3 is 0 Å². The quantitative estimate of drug-likeness (QED) is 0.610. The molecule has 2 rings (SSSR count). The predicted octanol–water partition coefficient (Wildman–Crippen LogP) is 1.82. The molecule has 0 saturated carbocycles. The van der Waals surface area contributed by atoms with Crippen LogP contribution in [0.4, 0.5) is 0 Å². The Labute approximate surface area is 161 Å². The Balaban J connectivity index is 1.85. The zero-order valence-corrected chi connectivity index (χ0v) is 16.7. The first-order valence-electron chi connectivity index (χ1n) is 8.97. The molecular formula is C20H28N2O4S. The average molecular weight is 393 g/mol. The Morgan fingerprint density at radius 1 is 1.00 bits per heavy atom. The van der Waals surface area contributed by atoms with E-state index in [1.54, 1.807) is 31.4 Å². The van der Waals surface area contributed by atoms with Crippen molar-refractivity contribution in [3.63, 3.8) is 0 Å². The maximum atomic E-state index is 12.3. The molecule has 0 spiro atoms. The third kappa shape index (κ3) is 6.95. The van der Waals surface area contributed by atoms with Crippen molar-refractivity contribution < 1.29 is 18.3 Å². The number of sulfonamides is 1. The van der Waals surface area contributed by atoms with Gasteiger partial charge in [-0.25, -0.2) is 13.1 Å². The van der Waals surface area contributed by atoms with Gasteiger partial charge in [0.1, 0.15) is 5.75 Å². The second kappa shape index (κ2) is 10.4. The number of aliphatic hydroxyl groups is 1. The fraction of sp³-hybridized carbons (Fsp3) is 0.400. The molecule has 0 saturated heterocycles. The van der Waals surface area contributed by atoms with Crippen LogP contribution < -0.4 is 9.46 Å². The van der Waals surface area contributed by atoms with E-state index in [0.717, 1.165) is 24.3 Å². The molecule has 2 N–H and O–H groups in total. The van der Waals surface area contributed by atoms with Crippen LogP contribution in [-0.2, 0) is 16.4 Å². The monoisotopic (exact) mass is 392 g/mol. The lowest BCUT2D eigenvalue weighted by Crippen LogP contribution is -2.37. The first-order chi connectivity index (χ1) is 12.9. The highest BCUT2D eigenvalue weighted by atomic mass is 32.2. The van der Waals surface area contributed by atoms with E-state index in [0.29, 0.717) is 19.6 Å². The van der Waals surface area contributed by atoms with Crippen molar-refractivity contribution >= 4 is 10.0 Å². The summed E-state index contributed by atoms with van der Waals surface area (Å²) in [6.07, 6.45) is 0.814. The lowest BCUT2D eigenvalue weighted by atomic mass is 10.1. The first-order valence-corrected chi connectivity index (χ1v) is 10.5. The SMILES string of the molecule is COc1ccc(CCN(CCO)CCNS(=O)(=O)c2ccc(C)cc2)cc1. The molecular weight excluding hydrogens is 364 g/mol. The Kier molecular flexibility index (Phi) is 8.24. The van der Waals surface area contributed by atoms with Crippen LogP contribution in [0.15, 0.2) is 53.4 Å². The molecule has 7 heteroatoms. The number of methoxy groups -OCH3 is 1. The van der Waals surface area contributed by atoms with Gasteiger partial charge in [-0.2, -0.15) is 0 Å². The summed E-state index contributed by atoms with van der Waals surface area (Å²) in [5.41, 5.74) is 2.18. The molecule has 0 heterocycles. The average Bonchev–Trinajstić information content (AvgIpc) is 2.66. The number of aliphatic hydroxyl groups excluding tert-OH is 1. The Morgan fingerprint density at radius 2 is 1.67 bits per heavy atom. The van der Waals surface area contributed by atoms with E-state index in [4.69, 9.17) is 4.74 Å². The molecule has 0 aliphatic rings. The summed E-state index contributed by atoms with van der Waals surface area (Å²) < 4.78 is 32.4. The Morgan fingerprint density at radius 3 is 2.26 bits per heavy atom. The molecule has 27 heavy (non-hydrogen) atoms. The maximum Gasteiger partial charge on any atom is 0.240 e. The van der Waals surface area contributed by atoms with Crippen LogP contribution in [0, 0.1) is 6.92 Å². The third-order valence-electron chi connectivity index (χ3n) is 4.34. The summed E-state index contributed by atoms with van der Waals surface area (Å²) in [5.74, 6) is 0.816. The highest BCUT2D eigenvalue weighted by Crippen LogP contribution is 2.12. The van der Waals surface area contributed by atoms with Gasteiger partial charge in [-0.15, -0.1) is 0 Å². The Bertz CT molecular complexity index is 790. The summed E-state index contributed by atoms with van der Waals surface area (Å²) in [5, 5.41) is 9.27. The molecule has 0 bridgehead atoms. The molecule has 0 amide bonds. The molecule has 0 fully saturated rings. The number of rotatable bonds is 11. The third-order valence-corrected chi connectivity index (χ3v) is 5.82. The fourth-order valence-corrected chi connectivity index (χ4v) is 3.72. The van der Waals surface area contributed by atoms with Gasteiger partial charge in [-0.1, -0.05) is 29.8 Å². The molecule has 0 unspecified atom stereocenters. The summed E-state index contributed by atoms with van der Waals surface area (Å²) in [4.78, 5) is 2.31. The van der Waals surface area contributed by atoms with Crippen LogP contribution in [0.3, 0.4) is 0 Å². The second-order valence-electron chi connectivity index (χ2n) is 6.37. The second-order valence-corrected chi connectivity index (χ2v) is 8.14. The first kappa shape index (κ1) is 21.4. The van der Waals surface area contributed by atoms with Gasteiger partial charge in [-0.3, -0.25) is 4.90 Å². The predicted molar refractivity (Wildman–Crippen MR) is 107 cm³/mol.